The van der Waals surface area contributed by atoms with Crippen LogP contribution >= 0.6 is 15.9 Å². The van der Waals surface area contributed by atoms with Gasteiger partial charge in [0.1, 0.15) is 6.04 Å². The molecule has 0 aliphatic heterocycles. The summed E-state index contributed by atoms with van der Waals surface area (Å²) in [6.45, 7) is 6.24. The molecule has 1 atom stereocenters. The monoisotopic (exact) mass is 416 g/mol. The number of nitrogens with zero attached hydrogens (tertiary/aromatic N) is 1. The van der Waals surface area contributed by atoms with Crippen LogP contribution in [0.2, 0.25) is 0 Å². The maximum atomic E-state index is 12.9. The molecule has 0 saturated carbocycles. The number of hydrogen-bond donors (Lipinski definition) is 1. The number of benzene rings is 2. The summed E-state index contributed by atoms with van der Waals surface area (Å²) in [7, 11) is 1.76. The van der Waals surface area contributed by atoms with Crippen molar-refractivity contribution in [3.63, 3.8) is 0 Å². The van der Waals surface area contributed by atoms with Crippen LogP contribution in [0.5, 0.6) is 0 Å². The Kier molecular flexibility index (Phi) is 6.98. The Balaban J connectivity index is 2.13. The average molecular weight is 417 g/mol. The van der Waals surface area contributed by atoms with Gasteiger partial charge in [-0.2, -0.15) is 0 Å². The van der Waals surface area contributed by atoms with E-state index in [-0.39, 0.29) is 17.7 Å². The summed E-state index contributed by atoms with van der Waals surface area (Å²) in [4.78, 5) is 27.2. The third-order valence-electron chi connectivity index (χ3n) is 4.35. The Hall–Kier alpha value is -2.14. The summed E-state index contributed by atoms with van der Waals surface area (Å²) in [5, 5.41) is 2.91. The lowest BCUT2D eigenvalue weighted by atomic mass is 10.0. The van der Waals surface area contributed by atoms with Gasteiger partial charge >= 0.3 is 0 Å². The van der Waals surface area contributed by atoms with Crippen molar-refractivity contribution in [1.29, 1.82) is 0 Å². The Bertz CT molecular complexity index is 789. The van der Waals surface area contributed by atoms with E-state index in [1.54, 1.807) is 18.0 Å². The predicted molar refractivity (Wildman–Crippen MR) is 108 cm³/mol. The van der Waals surface area contributed by atoms with Crippen molar-refractivity contribution >= 4 is 27.7 Å². The van der Waals surface area contributed by atoms with Gasteiger partial charge in [-0.25, -0.2) is 0 Å². The Morgan fingerprint density at radius 2 is 1.69 bits per heavy atom. The lowest BCUT2D eigenvalue weighted by molar-refractivity contribution is -0.133. The third kappa shape index (κ3) is 4.94. The zero-order valence-corrected chi connectivity index (χ0v) is 17.2. The van der Waals surface area contributed by atoms with Gasteiger partial charge in [-0.15, -0.1) is 0 Å². The van der Waals surface area contributed by atoms with Crippen molar-refractivity contribution in [1.82, 2.24) is 10.2 Å². The van der Waals surface area contributed by atoms with Gasteiger partial charge in [0.15, 0.2) is 0 Å². The summed E-state index contributed by atoms with van der Waals surface area (Å²) >= 11 is 3.51. The lowest BCUT2D eigenvalue weighted by Crippen LogP contribution is -2.50. The highest BCUT2D eigenvalue weighted by Gasteiger charge is 2.28. The van der Waals surface area contributed by atoms with E-state index in [2.05, 4.69) is 21.2 Å². The van der Waals surface area contributed by atoms with Crippen LogP contribution in [0.1, 0.15) is 35.3 Å². The van der Waals surface area contributed by atoms with Crippen molar-refractivity contribution in [3.8, 4) is 0 Å². The van der Waals surface area contributed by atoms with Gasteiger partial charge < -0.3 is 10.2 Å². The fourth-order valence-electron chi connectivity index (χ4n) is 2.76. The zero-order chi connectivity index (χ0) is 19.3. The lowest BCUT2D eigenvalue weighted by Gasteiger charge is -2.27. The zero-order valence-electron chi connectivity index (χ0n) is 15.6. The quantitative estimate of drug-likeness (QED) is 0.767. The smallest absolute Gasteiger partial charge is 0.252 e. The standard InChI is InChI=1S/C21H25BrN2O2/c1-14(2)19(23-20(25)17-11-7-5-9-15(17)3)21(26)24(4)13-16-10-6-8-12-18(16)22/h5-12,14,19H,13H2,1-4H3,(H,23,25). The molecular formula is C21H25BrN2O2. The molecule has 2 aromatic rings. The maximum Gasteiger partial charge on any atom is 0.252 e. The van der Waals surface area contributed by atoms with Gasteiger partial charge in [-0.05, 0) is 36.1 Å². The van der Waals surface area contributed by atoms with E-state index in [0.29, 0.717) is 12.1 Å². The van der Waals surface area contributed by atoms with Gasteiger partial charge in [0.25, 0.3) is 5.91 Å². The van der Waals surface area contributed by atoms with Gasteiger partial charge in [0.2, 0.25) is 5.91 Å². The second kappa shape index (κ2) is 8.99. The van der Waals surface area contributed by atoms with E-state index >= 15 is 0 Å². The summed E-state index contributed by atoms with van der Waals surface area (Å²) in [6, 6.07) is 14.6. The fourth-order valence-corrected chi connectivity index (χ4v) is 3.17. The topological polar surface area (TPSA) is 49.4 Å². The summed E-state index contributed by atoms with van der Waals surface area (Å²) in [5.41, 5.74) is 2.51. The molecule has 138 valence electrons. The molecule has 26 heavy (non-hydrogen) atoms. The van der Waals surface area contributed by atoms with E-state index in [1.807, 2.05) is 63.2 Å². The highest BCUT2D eigenvalue weighted by atomic mass is 79.9. The molecule has 2 amide bonds. The normalized spacial score (nSPS) is 11.9. The first-order chi connectivity index (χ1) is 12.3. The molecule has 5 heteroatoms. The second-order valence-corrected chi connectivity index (χ2v) is 7.65. The van der Waals surface area contributed by atoms with Crippen molar-refractivity contribution in [2.24, 2.45) is 5.92 Å². The van der Waals surface area contributed by atoms with Gasteiger partial charge in [0, 0.05) is 23.6 Å². The van der Waals surface area contributed by atoms with E-state index in [9.17, 15) is 9.59 Å². The molecule has 2 rings (SSSR count). The van der Waals surface area contributed by atoms with E-state index < -0.39 is 6.04 Å². The number of carbonyl (C=O) groups excluding carboxylic acids is 2. The van der Waals surface area contributed by atoms with Crippen molar-refractivity contribution < 1.29 is 9.59 Å². The molecule has 0 aliphatic rings. The average Bonchev–Trinajstić information content (AvgIpc) is 2.61. The molecule has 0 fully saturated rings. The van der Waals surface area contributed by atoms with Gasteiger partial charge in [0.05, 0.1) is 0 Å². The van der Waals surface area contributed by atoms with Crippen molar-refractivity contribution in [2.45, 2.75) is 33.4 Å². The summed E-state index contributed by atoms with van der Waals surface area (Å²) in [5.74, 6) is -0.334. The molecule has 0 heterocycles. The molecule has 2 aromatic carbocycles. The number of carbonyl (C=O) groups is 2. The minimum absolute atomic E-state index is 0.0165. The number of aryl methyl sites for hydroxylation is 1. The molecule has 0 spiro atoms. The minimum Gasteiger partial charge on any atom is -0.340 e. The van der Waals surface area contributed by atoms with Gasteiger partial charge in [-0.3, -0.25) is 9.59 Å². The van der Waals surface area contributed by atoms with Crippen molar-refractivity contribution in [3.05, 3.63) is 69.7 Å². The van der Waals surface area contributed by atoms with E-state index in [0.717, 1.165) is 15.6 Å². The van der Waals surface area contributed by atoms with Gasteiger partial charge in [-0.1, -0.05) is 66.2 Å². The maximum absolute atomic E-state index is 12.9. The number of hydrogen-bond acceptors (Lipinski definition) is 2. The molecule has 1 N–H and O–H groups in total. The predicted octanol–water partition coefficient (Wildman–Crippen LogP) is 4.17. The number of likely N-dealkylation sites (N-methyl/N-ethyl adjacent to an activating group) is 1. The highest BCUT2D eigenvalue weighted by molar-refractivity contribution is 9.10. The van der Waals surface area contributed by atoms with Crippen LogP contribution in [-0.2, 0) is 11.3 Å². The van der Waals surface area contributed by atoms with Crippen LogP contribution in [0.4, 0.5) is 0 Å². The first-order valence-corrected chi connectivity index (χ1v) is 9.45. The molecule has 0 aliphatic carbocycles. The Morgan fingerprint density at radius 3 is 2.31 bits per heavy atom. The molecular weight excluding hydrogens is 392 g/mol. The fraction of sp³-hybridized carbons (Fsp3) is 0.333. The molecule has 0 aromatic heterocycles. The van der Waals surface area contributed by atoms with Crippen molar-refractivity contribution in [2.75, 3.05) is 7.05 Å². The van der Waals surface area contributed by atoms with Crippen LogP contribution < -0.4 is 5.32 Å². The number of rotatable bonds is 6. The third-order valence-corrected chi connectivity index (χ3v) is 5.12. The summed E-state index contributed by atoms with van der Waals surface area (Å²) in [6.07, 6.45) is 0. The van der Waals surface area contributed by atoms with E-state index in [1.165, 1.54) is 0 Å². The highest BCUT2D eigenvalue weighted by Crippen LogP contribution is 2.18. The van der Waals surface area contributed by atoms with Crippen LogP contribution in [0.3, 0.4) is 0 Å². The molecule has 0 radical (unpaired) electrons. The SMILES string of the molecule is Cc1ccccc1C(=O)NC(C(=O)N(C)Cc1ccccc1Br)C(C)C. The first-order valence-electron chi connectivity index (χ1n) is 8.66. The van der Waals surface area contributed by atoms with Crippen LogP contribution in [0.25, 0.3) is 0 Å². The number of halogens is 1. The molecule has 0 saturated heterocycles. The molecule has 4 nitrogen and oxygen atoms in total. The Morgan fingerprint density at radius 1 is 1.08 bits per heavy atom. The molecule has 1 unspecified atom stereocenters. The number of nitrogens with one attached hydrogen (secondary N) is 1. The first kappa shape index (κ1) is 20.2. The number of amides is 2. The largest absolute Gasteiger partial charge is 0.340 e. The summed E-state index contributed by atoms with van der Waals surface area (Å²) < 4.78 is 0.963. The van der Waals surface area contributed by atoms with Crippen LogP contribution in [-0.4, -0.2) is 29.8 Å². The molecule has 0 bridgehead atoms. The van der Waals surface area contributed by atoms with Crippen LogP contribution in [0, 0.1) is 12.8 Å². The minimum atomic E-state index is -0.574. The van der Waals surface area contributed by atoms with E-state index in [4.69, 9.17) is 0 Å². The second-order valence-electron chi connectivity index (χ2n) is 6.80. The Labute approximate surface area is 163 Å². The van der Waals surface area contributed by atoms with Crippen LogP contribution in [0.15, 0.2) is 53.0 Å².